The number of hydrogen-bond donors (Lipinski definition) is 1. The van der Waals surface area contributed by atoms with Gasteiger partial charge in [0.15, 0.2) is 0 Å². The Bertz CT molecular complexity index is 210. The molecule has 0 aliphatic carbocycles. The van der Waals surface area contributed by atoms with Crippen molar-refractivity contribution in [3.8, 4) is 0 Å². The molecule has 0 amide bonds. The van der Waals surface area contributed by atoms with E-state index in [2.05, 4.69) is 6.92 Å². The molecule has 0 aliphatic rings. The maximum atomic E-state index is 5.19. The van der Waals surface area contributed by atoms with E-state index in [1.165, 1.54) is 0 Å². The fourth-order valence-corrected chi connectivity index (χ4v) is 1.24. The van der Waals surface area contributed by atoms with E-state index in [4.69, 9.17) is 10.7 Å². The highest BCUT2D eigenvalue weighted by Gasteiger charge is 2.07. The maximum absolute atomic E-state index is 5.19. The minimum Gasteiger partial charge on any atom is -0.297 e. The highest BCUT2D eigenvalue weighted by molar-refractivity contribution is 5.17. The Morgan fingerprint density at radius 2 is 2.00 bits per heavy atom. The normalized spacial score (nSPS) is 12.8. The molecule has 2 N–H and O–H groups in total. The summed E-state index contributed by atoms with van der Waals surface area (Å²) >= 11 is 0. The Labute approximate surface area is 73.3 Å². The molecule has 1 aromatic carbocycles. The van der Waals surface area contributed by atoms with Crippen molar-refractivity contribution in [2.45, 2.75) is 25.9 Å². The Balaban J connectivity index is 2.66. The molecule has 0 fully saturated rings. The lowest BCUT2D eigenvalue weighted by molar-refractivity contribution is 0.0460. The Hall–Kier alpha value is -0.860. The summed E-state index contributed by atoms with van der Waals surface area (Å²) in [5.74, 6) is 5.19. The lowest BCUT2D eigenvalue weighted by Crippen LogP contribution is -2.08. The minimum absolute atomic E-state index is 0.0520. The van der Waals surface area contributed by atoms with Gasteiger partial charge in [0.25, 0.3) is 0 Å². The van der Waals surface area contributed by atoms with Crippen molar-refractivity contribution in [3.05, 3.63) is 35.9 Å². The molecule has 1 unspecified atom stereocenters. The van der Waals surface area contributed by atoms with Gasteiger partial charge < -0.3 is 0 Å². The zero-order valence-electron chi connectivity index (χ0n) is 7.36. The van der Waals surface area contributed by atoms with Crippen molar-refractivity contribution in [1.29, 1.82) is 0 Å². The molecule has 1 atom stereocenters. The quantitative estimate of drug-likeness (QED) is 0.695. The van der Waals surface area contributed by atoms with E-state index < -0.39 is 0 Å². The second kappa shape index (κ2) is 4.91. The third-order valence-corrected chi connectivity index (χ3v) is 1.89. The molecule has 0 heterocycles. The van der Waals surface area contributed by atoms with Crippen molar-refractivity contribution in [2.75, 3.05) is 0 Å². The summed E-state index contributed by atoms with van der Waals surface area (Å²) in [7, 11) is 0. The van der Waals surface area contributed by atoms with Crippen molar-refractivity contribution < 1.29 is 4.84 Å². The van der Waals surface area contributed by atoms with E-state index >= 15 is 0 Å². The monoisotopic (exact) mass is 165 g/mol. The summed E-state index contributed by atoms with van der Waals surface area (Å²) in [5, 5.41) is 0. The lowest BCUT2D eigenvalue weighted by atomic mass is 10.1. The van der Waals surface area contributed by atoms with Crippen LogP contribution in [0, 0.1) is 0 Å². The fraction of sp³-hybridized carbons (Fsp3) is 0.400. The smallest absolute Gasteiger partial charge is 0.104 e. The average Bonchev–Trinajstić information content (AvgIpc) is 2.15. The molecule has 0 bridgehead atoms. The van der Waals surface area contributed by atoms with Crippen LogP contribution in [0.4, 0.5) is 0 Å². The summed E-state index contributed by atoms with van der Waals surface area (Å²) in [6.07, 6.45) is 2.10. The number of hydrogen-bond acceptors (Lipinski definition) is 2. The molecular weight excluding hydrogens is 150 g/mol. The van der Waals surface area contributed by atoms with Crippen molar-refractivity contribution in [3.63, 3.8) is 0 Å². The fourth-order valence-electron chi connectivity index (χ4n) is 1.24. The van der Waals surface area contributed by atoms with Crippen molar-refractivity contribution in [1.82, 2.24) is 0 Å². The standard InChI is InChI=1S/C10H15NO/c1-2-6-10(12-11)9-7-4-3-5-8-9/h3-5,7-8,10H,2,6,11H2,1H3. The molecule has 0 aromatic heterocycles. The molecule has 2 nitrogen and oxygen atoms in total. The van der Waals surface area contributed by atoms with Crippen LogP contribution in [0.5, 0.6) is 0 Å². The van der Waals surface area contributed by atoms with Crippen LogP contribution in [-0.4, -0.2) is 0 Å². The second-order valence-corrected chi connectivity index (χ2v) is 2.82. The van der Waals surface area contributed by atoms with Gasteiger partial charge in [0.2, 0.25) is 0 Å². The van der Waals surface area contributed by atoms with Crippen LogP contribution in [0.25, 0.3) is 0 Å². The first-order valence-electron chi connectivity index (χ1n) is 4.29. The zero-order valence-corrected chi connectivity index (χ0v) is 7.36. The first kappa shape index (κ1) is 9.23. The predicted octanol–water partition coefficient (Wildman–Crippen LogP) is 2.42. The maximum Gasteiger partial charge on any atom is 0.104 e. The van der Waals surface area contributed by atoms with Crippen LogP contribution in [0.2, 0.25) is 0 Å². The summed E-state index contributed by atoms with van der Waals surface area (Å²) in [6.45, 7) is 2.12. The Morgan fingerprint density at radius 1 is 1.33 bits per heavy atom. The van der Waals surface area contributed by atoms with Gasteiger partial charge in [-0.05, 0) is 12.0 Å². The Morgan fingerprint density at radius 3 is 2.50 bits per heavy atom. The van der Waals surface area contributed by atoms with Crippen LogP contribution in [0.15, 0.2) is 30.3 Å². The molecule has 0 saturated heterocycles. The highest BCUT2D eigenvalue weighted by Crippen LogP contribution is 2.19. The summed E-state index contributed by atoms with van der Waals surface area (Å²) < 4.78 is 0. The minimum atomic E-state index is 0.0520. The van der Waals surface area contributed by atoms with Gasteiger partial charge in [-0.1, -0.05) is 43.7 Å². The van der Waals surface area contributed by atoms with E-state index in [0.717, 1.165) is 18.4 Å². The lowest BCUT2D eigenvalue weighted by Gasteiger charge is -2.12. The molecule has 0 radical (unpaired) electrons. The topological polar surface area (TPSA) is 35.2 Å². The van der Waals surface area contributed by atoms with Gasteiger partial charge in [0.1, 0.15) is 6.10 Å². The van der Waals surface area contributed by atoms with E-state index in [-0.39, 0.29) is 6.10 Å². The van der Waals surface area contributed by atoms with Gasteiger partial charge in [-0.15, -0.1) is 0 Å². The highest BCUT2D eigenvalue weighted by atomic mass is 16.6. The second-order valence-electron chi connectivity index (χ2n) is 2.82. The molecule has 2 heteroatoms. The van der Waals surface area contributed by atoms with Crippen LogP contribution in [0.3, 0.4) is 0 Å². The molecule has 12 heavy (non-hydrogen) atoms. The van der Waals surface area contributed by atoms with Gasteiger partial charge in [-0.2, -0.15) is 0 Å². The predicted molar refractivity (Wildman–Crippen MR) is 49.4 cm³/mol. The van der Waals surface area contributed by atoms with E-state index in [1.807, 2.05) is 30.3 Å². The third-order valence-electron chi connectivity index (χ3n) is 1.89. The van der Waals surface area contributed by atoms with Gasteiger partial charge in [-0.25, -0.2) is 5.90 Å². The van der Waals surface area contributed by atoms with Gasteiger partial charge >= 0.3 is 0 Å². The van der Waals surface area contributed by atoms with E-state index in [0.29, 0.717) is 0 Å². The third kappa shape index (κ3) is 2.32. The largest absolute Gasteiger partial charge is 0.297 e. The van der Waals surface area contributed by atoms with Crippen LogP contribution < -0.4 is 5.90 Å². The molecule has 0 aliphatic heterocycles. The number of nitrogens with two attached hydrogens (primary N) is 1. The van der Waals surface area contributed by atoms with Crippen LogP contribution >= 0.6 is 0 Å². The summed E-state index contributed by atoms with van der Waals surface area (Å²) in [4.78, 5) is 4.88. The first-order chi connectivity index (χ1) is 5.88. The summed E-state index contributed by atoms with van der Waals surface area (Å²) in [6, 6.07) is 10.1. The van der Waals surface area contributed by atoms with E-state index in [9.17, 15) is 0 Å². The number of benzene rings is 1. The molecule has 66 valence electrons. The Kier molecular flexibility index (Phi) is 3.77. The first-order valence-corrected chi connectivity index (χ1v) is 4.29. The zero-order chi connectivity index (χ0) is 8.81. The number of rotatable bonds is 4. The van der Waals surface area contributed by atoms with Gasteiger partial charge in [-0.3, -0.25) is 4.84 Å². The van der Waals surface area contributed by atoms with Crippen LogP contribution in [0.1, 0.15) is 31.4 Å². The van der Waals surface area contributed by atoms with Crippen LogP contribution in [-0.2, 0) is 4.84 Å². The van der Waals surface area contributed by atoms with Gasteiger partial charge in [0, 0.05) is 0 Å². The molecule has 1 aromatic rings. The molecule has 0 saturated carbocycles. The average molecular weight is 165 g/mol. The van der Waals surface area contributed by atoms with Crippen molar-refractivity contribution >= 4 is 0 Å². The van der Waals surface area contributed by atoms with Gasteiger partial charge in [0.05, 0.1) is 0 Å². The molecular formula is C10H15NO. The van der Waals surface area contributed by atoms with Crippen molar-refractivity contribution in [2.24, 2.45) is 5.90 Å². The molecule has 0 spiro atoms. The molecule has 1 rings (SSSR count). The van der Waals surface area contributed by atoms with E-state index in [1.54, 1.807) is 0 Å². The summed E-state index contributed by atoms with van der Waals surface area (Å²) in [5.41, 5.74) is 1.15. The SMILES string of the molecule is CCCC(ON)c1ccccc1.